The Balaban J connectivity index is -0.000000201. The summed E-state index contributed by atoms with van der Waals surface area (Å²) in [7, 11) is 0. The second kappa shape index (κ2) is 39.0. The van der Waals surface area contributed by atoms with Gasteiger partial charge in [0.2, 0.25) is 0 Å². The van der Waals surface area contributed by atoms with E-state index in [1.54, 1.807) is 0 Å². The predicted molar refractivity (Wildman–Crippen MR) is 233 cm³/mol. The smallest absolute Gasteiger partial charge is 0.162 e. The van der Waals surface area contributed by atoms with Gasteiger partial charge in [0.05, 0.1) is 52.9 Å². The van der Waals surface area contributed by atoms with E-state index in [0.29, 0.717) is 57.4 Å². The summed E-state index contributed by atoms with van der Waals surface area (Å²) in [5, 5.41) is 0. The molecule has 7 unspecified atom stereocenters. The lowest BCUT2D eigenvalue weighted by Gasteiger charge is -2.28. The Morgan fingerprint density at radius 1 is 0.382 bits per heavy atom. The fourth-order valence-electron chi connectivity index (χ4n) is 3.13. The Labute approximate surface area is 341 Å². The highest BCUT2D eigenvalue weighted by Crippen LogP contribution is 2.15. The molecular formula is C42H99N5O8. The average Bonchev–Trinajstić information content (AvgIpc) is 3.11. The van der Waals surface area contributed by atoms with Gasteiger partial charge in [0.25, 0.3) is 0 Å². The zero-order chi connectivity index (χ0) is 42.9. The van der Waals surface area contributed by atoms with Crippen LogP contribution in [0.15, 0.2) is 0 Å². The van der Waals surface area contributed by atoms with Crippen molar-refractivity contribution in [3.63, 3.8) is 0 Å². The standard InChI is InChI=1S/C12H27NO2.C10H24N2O2.C10H23NO2.C9H21NO2.CH4/c1-6-10(3)8-14-12(4,5)15-9-11(13)7-2;1-4-9(11)6-13-8(3)14-7-10(12)5-2;1-8(2)6-12-10(4,5)13-7-9(3)11;1-7(2)5-11-9(4)12-6-8(3)10;/h10-11H,6-9,13H2,1-5H3;8-10H,4-7,11-12H2,1-3H3;8-9H,6-7,11H2,1-5H3;7-9H,5-6,10H2,1-4H3;1H4. The molecule has 0 aromatic heterocycles. The van der Waals surface area contributed by atoms with E-state index in [-0.39, 0.29) is 50.2 Å². The fourth-order valence-corrected chi connectivity index (χ4v) is 3.13. The minimum absolute atomic E-state index is 0. The lowest BCUT2D eigenvalue weighted by molar-refractivity contribution is -0.220. The van der Waals surface area contributed by atoms with E-state index in [1.165, 1.54) is 0 Å². The number of hydrogen-bond acceptors (Lipinski definition) is 13. The van der Waals surface area contributed by atoms with Gasteiger partial charge >= 0.3 is 0 Å². The number of rotatable bonds is 28. The summed E-state index contributed by atoms with van der Waals surface area (Å²) < 4.78 is 43.8. The molecule has 0 saturated carbocycles. The van der Waals surface area contributed by atoms with Gasteiger partial charge in [0.15, 0.2) is 24.2 Å². The molecule has 10 N–H and O–H groups in total. The Hall–Kier alpha value is -0.520. The molecule has 0 fully saturated rings. The summed E-state index contributed by atoms with van der Waals surface area (Å²) in [4.78, 5) is 0. The van der Waals surface area contributed by atoms with Gasteiger partial charge in [-0.1, -0.05) is 76.2 Å². The van der Waals surface area contributed by atoms with Gasteiger partial charge in [-0.05, 0) is 92.4 Å². The molecule has 340 valence electrons. The molecule has 55 heavy (non-hydrogen) atoms. The Bertz CT molecular complexity index is 722. The van der Waals surface area contributed by atoms with Crippen molar-refractivity contribution in [3.8, 4) is 0 Å². The molecule has 0 amide bonds. The van der Waals surface area contributed by atoms with Gasteiger partial charge in [0, 0.05) is 30.2 Å². The van der Waals surface area contributed by atoms with Crippen LogP contribution in [0.25, 0.3) is 0 Å². The molecule has 0 aliphatic rings. The van der Waals surface area contributed by atoms with E-state index in [9.17, 15) is 0 Å². The first-order valence-corrected chi connectivity index (χ1v) is 20.7. The summed E-state index contributed by atoms with van der Waals surface area (Å²) in [6.07, 6.45) is 3.54. The molecule has 0 spiro atoms. The van der Waals surface area contributed by atoms with Crippen LogP contribution in [-0.2, 0) is 37.9 Å². The molecule has 7 atom stereocenters. The van der Waals surface area contributed by atoms with E-state index in [1.807, 2.05) is 69.2 Å². The van der Waals surface area contributed by atoms with Crippen molar-refractivity contribution in [1.82, 2.24) is 0 Å². The zero-order valence-corrected chi connectivity index (χ0v) is 38.4. The summed E-state index contributed by atoms with van der Waals surface area (Å²) in [5.74, 6) is 0.617. The number of nitrogens with two attached hydrogens (primary N) is 5. The maximum absolute atomic E-state index is 5.78. The van der Waals surface area contributed by atoms with Crippen molar-refractivity contribution in [2.75, 3.05) is 52.9 Å². The van der Waals surface area contributed by atoms with Crippen molar-refractivity contribution < 1.29 is 37.9 Å². The third-order valence-electron chi connectivity index (χ3n) is 7.44. The normalized spacial score (nSPS) is 16.1. The first-order valence-electron chi connectivity index (χ1n) is 20.7. The molecule has 0 aliphatic heterocycles. The molecule has 0 aliphatic carbocycles. The molecule has 13 heteroatoms. The van der Waals surface area contributed by atoms with Crippen LogP contribution in [0.5, 0.6) is 0 Å². The van der Waals surface area contributed by atoms with Crippen molar-refractivity contribution in [1.29, 1.82) is 0 Å². The van der Waals surface area contributed by atoms with Gasteiger partial charge in [0.1, 0.15) is 0 Å². The largest absolute Gasteiger partial charge is 0.353 e. The number of hydrogen-bond donors (Lipinski definition) is 5. The van der Waals surface area contributed by atoms with Gasteiger partial charge < -0.3 is 66.6 Å². The Kier molecular flexibility index (Phi) is 45.1. The maximum atomic E-state index is 5.78. The molecular weight excluding hydrogens is 702 g/mol. The minimum Gasteiger partial charge on any atom is -0.353 e. The van der Waals surface area contributed by atoms with E-state index >= 15 is 0 Å². The quantitative estimate of drug-likeness (QED) is 0.0500. The van der Waals surface area contributed by atoms with Crippen LogP contribution in [0.2, 0.25) is 0 Å². The van der Waals surface area contributed by atoms with Crippen molar-refractivity contribution in [2.45, 2.75) is 205 Å². The fraction of sp³-hybridized carbons (Fsp3) is 1.00. The lowest BCUT2D eigenvalue weighted by Crippen LogP contribution is -2.36. The predicted octanol–water partition coefficient (Wildman–Crippen LogP) is 7.14. The lowest BCUT2D eigenvalue weighted by atomic mass is 10.1. The van der Waals surface area contributed by atoms with Crippen LogP contribution in [-0.4, -0.2) is 107 Å². The second-order valence-electron chi connectivity index (χ2n) is 16.3. The van der Waals surface area contributed by atoms with E-state index in [2.05, 4.69) is 48.5 Å². The number of ether oxygens (including phenoxy) is 8. The zero-order valence-electron chi connectivity index (χ0n) is 38.4. The van der Waals surface area contributed by atoms with Crippen molar-refractivity contribution >= 4 is 0 Å². The molecule has 0 bridgehead atoms. The molecule has 0 rings (SSSR count). The van der Waals surface area contributed by atoms with E-state index in [4.69, 9.17) is 66.6 Å². The second-order valence-corrected chi connectivity index (χ2v) is 16.3. The highest BCUT2D eigenvalue weighted by Gasteiger charge is 2.21. The first kappa shape index (κ1) is 63.6. The van der Waals surface area contributed by atoms with Crippen LogP contribution in [0, 0.1) is 17.8 Å². The minimum atomic E-state index is -0.518. The molecule has 0 aromatic rings. The Morgan fingerprint density at radius 3 is 1.04 bits per heavy atom. The summed E-state index contributed by atoms with van der Waals surface area (Å²) in [6.45, 7) is 39.1. The van der Waals surface area contributed by atoms with Crippen molar-refractivity contribution in [3.05, 3.63) is 0 Å². The topological polar surface area (TPSA) is 204 Å². The van der Waals surface area contributed by atoms with Crippen LogP contribution < -0.4 is 28.7 Å². The van der Waals surface area contributed by atoms with E-state index < -0.39 is 11.6 Å². The van der Waals surface area contributed by atoms with E-state index in [0.717, 1.165) is 38.9 Å². The third kappa shape index (κ3) is 53.5. The van der Waals surface area contributed by atoms with Crippen LogP contribution in [0.4, 0.5) is 0 Å². The van der Waals surface area contributed by atoms with Crippen LogP contribution >= 0.6 is 0 Å². The maximum Gasteiger partial charge on any atom is 0.162 e. The highest BCUT2D eigenvalue weighted by atomic mass is 16.7. The molecule has 0 radical (unpaired) electrons. The van der Waals surface area contributed by atoms with Gasteiger partial charge in [-0.15, -0.1) is 0 Å². The molecule has 0 aromatic carbocycles. The molecule has 0 heterocycles. The van der Waals surface area contributed by atoms with Crippen molar-refractivity contribution in [2.24, 2.45) is 46.4 Å². The highest BCUT2D eigenvalue weighted by molar-refractivity contribution is 4.62. The van der Waals surface area contributed by atoms with Crippen LogP contribution in [0.3, 0.4) is 0 Å². The summed E-state index contributed by atoms with van der Waals surface area (Å²) in [5.41, 5.74) is 28.3. The SMILES string of the molecule is C.CC(C)COC(C)(C)OCC(C)N.CC(C)COC(C)OCC(C)N.CCC(C)COC(C)(C)OCC(N)CC.CCC(N)COC(C)OCC(N)CC. The monoisotopic (exact) mass is 802 g/mol. The molecule has 0 saturated heterocycles. The first-order chi connectivity index (χ1) is 24.9. The van der Waals surface area contributed by atoms with Gasteiger partial charge in [-0.3, -0.25) is 0 Å². The Morgan fingerprint density at radius 2 is 0.691 bits per heavy atom. The molecule has 13 nitrogen and oxygen atoms in total. The summed E-state index contributed by atoms with van der Waals surface area (Å²) >= 11 is 0. The summed E-state index contributed by atoms with van der Waals surface area (Å²) in [6, 6.07) is 0.440. The van der Waals surface area contributed by atoms with Gasteiger partial charge in [-0.2, -0.15) is 0 Å². The van der Waals surface area contributed by atoms with Gasteiger partial charge in [-0.25, -0.2) is 0 Å². The third-order valence-corrected chi connectivity index (χ3v) is 7.44. The average molecular weight is 802 g/mol. The van der Waals surface area contributed by atoms with Crippen LogP contribution in [0.1, 0.15) is 151 Å².